The number of nitrogens with zero attached hydrogens (tertiary/aromatic N) is 3. The summed E-state index contributed by atoms with van der Waals surface area (Å²) in [6.07, 6.45) is 4.56. The maximum atomic E-state index is 13.0. The number of furan rings is 2. The maximum Gasteiger partial charge on any atom is 0.253 e. The van der Waals surface area contributed by atoms with E-state index >= 15 is 0 Å². The van der Waals surface area contributed by atoms with Crippen LogP contribution in [0, 0.1) is 22.7 Å². The van der Waals surface area contributed by atoms with Gasteiger partial charge < -0.3 is 14.6 Å². The Hall–Kier alpha value is -3.62. The highest BCUT2D eigenvalue weighted by Gasteiger charge is 2.35. The third kappa shape index (κ3) is 2.25. The fourth-order valence-electron chi connectivity index (χ4n) is 2.86. The molecule has 4 rings (SSSR count). The van der Waals surface area contributed by atoms with E-state index in [2.05, 4.69) is 6.07 Å². The molecule has 126 valence electrons. The maximum absolute atomic E-state index is 13.0. The lowest BCUT2D eigenvalue weighted by Crippen LogP contribution is -2.40. The minimum Gasteiger partial charge on any atom is -0.468 e. The van der Waals surface area contributed by atoms with Crippen molar-refractivity contribution in [2.45, 2.75) is 5.25 Å². The molecule has 0 amide bonds. The molecule has 3 aromatic rings. The zero-order valence-corrected chi connectivity index (χ0v) is 14.0. The Morgan fingerprint density at radius 3 is 2.58 bits per heavy atom. The molecule has 1 aliphatic rings. The van der Waals surface area contributed by atoms with Crippen molar-refractivity contribution in [2.24, 2.45) is 0 Å². The van der Waals surface area contributed by atoms with Crippen LogP contribution in [-0.4, -0.2) is 10.5 Å². The lowest BCUT2D eigenvalue weighted by Gasteiger charge is -2.18. The van der Waals surface area contributed by atoms with Crippen molar-refractivity contribution in [1.29, 1.82) is 10.5 Å². The van der Waals surface area contributed by atoms with Gasteiger partial charge in [0.1, 0.15) is 33.8 Å². The number of rotatable bonds is 2. The first-order chi connectivity index (χ1) is 12.7. The van der Waals surface area contributed by atoms with Gasteiger partial charge in [-0.25, -0.2) is 0 Å². The molecule has 0 aromatic carbocycles. The number of aromatic nitrogens is 1. The molecule has 1 unspecified atom stereocenters. The molecular formula is C18H10N4O3S. The summed E-state index contributed by atoms with van der Waals surface area (Å²) in [5.74, 6) is 0.518. The van der Waals surface area contributed by atoms with E-state index in [1.165, 1.54) is 17.1 Å². The van der Waals surface area contributed by atoms with Crippen molar-refractivity contribution in [3.63, 3.8) is 0 Å². The summed E-state index contributed by atoms with van der Waals surface area (Å²) in [4.78, 5) is 13.3. The largest absolute Gasteiger partial charge is 0.468 e. The van der Waals surface area contributed by atoms with Gasteiger partial charge in [0.15, 0.2) is 5.69 Å². The molecule has 4 heterocycles. The predicted molar refractivity (Wildman–Crippen MR) is 93.8 cm³/mol. The zero-order valence-electron chi connectivity index (χ0n) is 13.2. The summed E-state index contributed by atoms with van der Waals surface area (Å²) in [5.41, 5.74) is 6.25. The Bertz CT molecular complexity index is 1210. The van der Waals surface area contributed by atoms with Gasteiger partial charge in [0, 0.05) is 5.22 Å². The molecule has 0 fully saturated rings. The summed E-state index contributed by atoms with van der Waals surface area (Å²) in [5, 5.41) is 19.1. The molecule has 26 heavy (non-hydrogen) atoms. The number of carbonyl (C=O) groups is 1. The third-order valence-electron chi connectivity index (χ3n) is 3.98. The van der Waals surface area contributed by atoms with Crippen molar-refractivity contribution in [2.75, 3.05) is 5.73 Å². The SMILES string of the molecule is N#CC1=c2c(=Cc3ccco3)c(N)c(C#N)n2C(=O)C(c2ccco2)S1. The van der Waals surface area contributed by atoms with Crippen molar-refractivity contribution >= 4 is 34.3 Å². The highest BCUT2D eigenvalue weighted by Crippen LogP contribution is 2.38. The number of carbonyl (C=O) groups excluding carboxylic acids is 1. The van der Waals surface area contributed by atoms with Crippen molar-refractivity contribution < 1.29 is 13.6 Å². The van der Waals surface area contributed by atoms with E-state index in [1.807, 2.05) is 6.07 Å². The van der Waals surface area contributed by atoms with E-state index in [9.17, 15) is 15.3 Å². The van der Waals surface area contributed by atoms with Crippen molar-refractivity contribution in [3.05, 3.63) is 64.6 Å². The smallest absolute Gasteiger partial charge is 0.253 e. The van der Waals surface area contributed by atoms with Crippen LogP contribution in [0.15, 0.2) is 45.6 Å². The van der Waals surface area contributed by atoms with Gasteiger partial charge in [-0.2, -0.15) is 10.5 Å². The minimum absolute atomic E-state index is 0.00703. The van der Waals surface area contributed by atoms with E-state index in [4.69, 9.17) is 14.6 Å². The lowest BCUT2D eigenvalue weighted by atomic mass is 10.2. The van der Waals surface area contributed by atoms with Crippen LogP contribution < -0.4 is 16.3 Å². The normalized spacial score (nSPS) is 17.0. The molecule has 8 heteroatoms. The van der Waals surface area contributed by atoms with E-state index < -0.39 is 5.25 Å². The van der Waals surface area contributed by atoms with Gasteiger partial charge in [-0.15, -0.1) is 0 Å². The number of anilines is 1. The average molecular weight is 362 g/mol. The molecule has 1 aliphatic heterocycles. The van der Waals surface area contributed by atoms with Crippen LogP contribution in [0.25, 0.3) is 11.0 Å². The van der Waals surface area contributed by atoms with E-state index in [0.717, 1.165) is 11.8 Å². The molecule has 0 saturated heterocycles. The third-order valence-corrected chi connectivity index (χ3v) is 5.17. The zero-order chi connectivity index (χ0) is 18.3. The molecule has 3 aromatic heterocycles. The number of hydrogen-bond acceptors (Lipinski definition) is 7. The second kappa shape index (κ2) is 6.03. The van der Waals surface area contributed by atoms with E-state index in [0.29, 0.717) is 22.1 Å². The van der Waals surface area contributed by atoms with Crippen LogP contribution in [0.2, 0.25) is 0 Å². The monoisotopic (exact) mass is 362 g/mol. The molecule has 1 atom stereocenters. The Kier molecular flexibility index (Phi) is 3.68. The van der Waals surface area contributed by atoms with Crippen molar-refractivity contribution in [3.8, 4) is 12.1 Å². The van der Waals surface area contributed by atoms with Crippen LogP contribution in [0.4, 0.5) is 5.69 Å². The molecule has 0 radical (unpaired) electrons. The van der Waals surface area contributed by atoms with Gasteiger partial charge in [0.25, 0.3) is 5.91 Å². The molecule has 0 saturated carbocycles. The van der Waals surface area contributed by atoms with Crippen LogP contribution >= 0.6 is 11.8 Å². The minimum atomic E-state index is -0.762. The van der Waals surface area contributed by atoms with Crippen LogP contribution in [0.1, 0.15) is 27.3 Å². The number of nitriles is 2. The van der Waals surface area contributed by atoms with Crippen LogP contribution in [0.3, 0.4) is 0 Å². The topological polar surface area (TPSA) is 122 Å². The first-order valence-electron chi connectivity index (χ1n) is 7.50. The predicted octanol–water partition coefficient (Wildman–Crippen LogP) is 1.72. The second-order valence-electron chi connectivity index (χ2n) is 5.42. The van der Waals surface area contributed by atoms with Crippen LogP contribution in [-0.2, 0) is 0 Å². The Balaban J connectivity index is 2.08. The van der Waals surface area contributed by atoms with Gasteiger partial charge in [-0.05, 0) is 30.3 Å². The van der Waals surface area contributed by atoms with Gasteiger partial charge in [0.05, 0.1) is 23.6 Å². The number of fused-ring (bicyclic) bond motifs is 1. The van der Waals surface area contributed by atoms with Crippen molar-refractivity contribution in [1.82, 2.24) is 4.57 Å². The fourth-order valence-corrected chi connectivity index (χ4v) is 3.92. The van der Waals surface area contributed by atoms with E-state index in [1.54, 1.807) is 30.3 Å². The molecule has 0 aliphatic carbocycles. The summed E-state index contributed by atoms with van der Waals surface area (Å²) < 4.78 is 11.8. The lowest BCUT2D eigenvalue weighted by molar-refractivity contribution is 0.0898. The standard InChI is InChI=1S/C18H10N4O3S/c19-8-12-15(21)11(7-10-3-1-5-24-10)16-14(9-20)26-17(18(23)22(12)16)13-4-2-6-25-13/h1-7,17H,21H2. The molecule has 2 N–H and O–H groups in total. The Labute approximate surface area is 151 Å². The van der Waals surface area contributed by atoms with Gasteiger partial charge in [-0.1, -0.05) is 11.8 Å². The Morgan fingerprint density at radius 1 is 1.19 bits per heavy atom. The highest BCUT2D eigenvalue weighted by atomic mass is 32.2. The summed E-state index contributed by atoms with van der Waals surface area (Å²) in [6, 6.07) is 10.8. The summed E-state index contributed by atoms with van der Waals surface area (Å²) in [6.45, 7) is 0. The van der Waals surface area contributed by atoms with Gasteiger partial charge in [-0.3, -0.25) is 9.36 Å². The Morgan fingerprint density at radius 2 is 1.96 bits per heavy atom. The molecule has 0 spiro atoms. The summed E-state index contributed by atoms with van der Waals surface area (Å²) in [7, 11) is 0. The quantitative estimate of drug-likeness (QED) is 0.736. The molecular weight excluding hydrogens is 352 g/mol. The highest BCUT2D eigenvalue weighted by molar-refractivity contribution is 8.09. The number of thioether (sulfide) groups is 1. The van der Waals surface area contributed by atoms with Gasteiger partial charge >= 0.3 is 0 Å². The molecule has 0 bridgehead atoms. The number of nitrogens with two attached hydrogens (primary N) is 1. The van der Waals surface area contributed by atoms with Gasteiger partial charge in [0.2, 0.25) is 0 Å². The second-order valence-corrected chi connectivity index (χ2v) is 6.54. The average Bonchev–Trinajstić information content (AvgIpc) is 3.38. The number of hydrogen-bond donors (Lipinski definition) is 1. The number of nitrogen functional groups attached to an aromatic ring is 1. The molecule has 7 nitrogen and oxygen atoms in total. The first-order valence-corrected chi connectivity index (χ1v) is 8.38. The van der Waals surface area contributed by atoms with Crippen LogP contribution in [0.5, 0.6) is 0 Å². The fraction of sp³-hybridized carbons (Fsp3) is 0.0556. The summed E-state index contributed by atoms with van der Waals surface area (Å²) >= 11 is 1.08. The van der Waals surface area contributed by atoms with E-state index in [-0.39, 0.29) is 22.2 Å². The first kappa shape index (κ1) is 15.9.